The van der Waals surface area contributed by atoms with E-state index in [0.29, 0.717) is 24.8 Å². The predicted molar refractivity (Wildman–Crippen MR) is 115 cm³/mol. The molecule has 158 valence electrons. The molecule has 0 spiro atoms. The van der Waals surface area contributed by atoms with Crippen LogP contribution in [-0.4, -0.2) is 71.1 Å². The number of aromatic nitrogens is 2. The van der Waals surface area contributed by atoms with E-state index in [2.05, 4.69) is 44.7 Å². The minimum Gasteiger partial charge on any atom is -0.492 e. The van der Waals surface area contributed by atoms with Crippen LogP contribution in [0, 0.1) is 0 Å². The maximum absolute atomic E-state index is 12.5. The van der Waals surface area contributed by atoms with Gasteiger partial charge in [-0.1, -0.05) is 26.0 Å². The summed E-state index contributed by atoms with van der Waals surface area (Å²) in [7, 11) is 0. The molecule has 0 aliphatic carbocycles. The molecule has 7 nitrogen and oxygen atoms in total. The number of hydrogen-bond acceptors (Lipinski definition) is 5. The van der Waals surface area contributed by atoms with E-state index in [1.165, 1.54) is 0 Å². The summed E-state index contributed by atoms with van der Waals surface area (Å²) in [5.41, 5.74) is 0.735. The zero-order valence-electron chi connectivity index (χ0n) is 17.8. The summed E-state index contributed by atoms with van der Waals surface area (Å²) in [4.78, 5) is 21.6. The number of para-hydroxylation sites is 2. The van der Waals surface area contributed by atoms with Crippen LogP contribution < -0.4 is 10.1 Å². The van der Waals surface area contributed by atoms with Crippen molar-refractivity contribution in [2.24, 2.45) is 0 Å². The van der Waals surface area contributed by atoms with Crippen LogP contribution in [0.2, 0.25) is 0 Å². The Hall–Kier alpha value is -2.38. The third kappa shape index (κ3) is 6.05. The first-order valence-corrected chi connectivity index (χ1v) is 10.5. The smallest absolute Gasteiger partial charge is 0.238 e. The molecule has 0 atom stereocenters. The Balaban J connectivity index is 1.41. The van der Waals surface area contributed by atoms with E-state index in [1.807, 2.05) is 37.4 Å². The van der Waals surface area contributed by atoms with Crippen molar-refractivity contribution in [1.29, 1.82) is 0 Å². The van der Waals surface area contributed by atoms with E-state index in [0.717, 1.165) is 50.8 Å². The predicted octanol–water partition coefficient (Wildman–Crippen LogP) is 2.66. The van der Waals surface area contributed by atoms with Crippen molar-refractivity contribution in [3.05, 3.63) is 42.5 Å². The van der Waals surface area contributed by atoms with Gasteiger partial charge in [0.25, 0.3) is 0 Å². The zero-order chi connectivity index (χ0) is 20.6. The summed E-state index contributed by atoms with van der Waals surface area (Å²) in [5.74, 6) is 2.31. The average Bonchev–Trinajstić information content (AvgIpc) is 3.18. The minimum absolute atomic E-state index is 0.00518. The quantitative estimate of drug-likeness (QED) is 0.702. The number of rotatable bonds is 9. The number of benzene rings is 1. The van der Waals surface area contributed by atoms with Crippen LogP contribution in [0.25, 0.3) is 0 Å². The lowest BCUT2D eigenvalue weighted by Gasteiger charge is -2.34. The van der Waals surface area contributed by atoms with Gasteiger partial charge in [-0.3, -0.25) is 14.6 Å². The number of carbonyl (C=O) groups excluding carboxylic acids is 1. The molecule has 3 rings (SSSR count). The molecule has 1 saturated heterocycles. The Morgan fingerprint density at radius 3 is 2.59 bits per heavy atom. The molecule has 1 fully saturated rings. The molecular weight excluding hydrogens is 366 g/mol. The maximum Gasteiger partial charge on any atom is 0.238 e. The van der Waals surface area contributed by atoms with Gasteiger partial charge in [0.1, 0.15) is 11.6 Å². The highest BCUT2D eigenvalue weighted by atomic mass is 16.5. The molecule has 2 heterocycles. The number of nitrogens with one attached hydrogen (secondary N) is 1. The summed E-state index contributed by atoms with van der Waals surface area (Å²) in [6.45, 7) is 13.0. The Labute approximate surface area is 173 Å². The monoisotopic (exact) mass is 399 g/mol. The molecule has 0 unspecified atom stereocenters. The number of ether oxygens (including phenoxy) is 1. The fourth-order valence-electron chi connectivity index (χ4n) is 3.67. The number of imidazole rings is 1. The highest BCUT2D eigenvalue weighted by Gasteiger charge is 2.19. The summed E-state index contributed by atoms with van der Waals surface area (Å²) in [6, 6.07) is 7.57. The molecule has 7 heteroatoms. The van der Waals surface area contributed by atoms with Crippen LogP contribution in [0.3, 0.4) is 0 Å². The molecule has 29 heavy (non-hydrogen) atoms. The van der Waals surface area contributed by atoms with E-state index in [9.17, 15) is 4.79 Å². The van der Waals surface area contributed by atoms with Gasteiger partial charge in [0.15, 0.2) is 0 Å². The first kappa shape index (κ1) is 21.3. The second-order valence-corrected chi connectivity index (χ2v) is 7.73. The van der Waals surface area contributed by atoms with E-state index < -0.39 is 0 Å². The van der Waals surface area contributed by atoms with Gasteiger partial charge in [0.05, 0.1) is 18.8 Å². The molecule has 0 bridgehead atoms. The van der Waals surface area contributed by atoms with E-state index in [1.54, 1.807) is 0 Å². The number of piperazine rings is 1. The van der Waals surface area contributed by atoms with E-state index in [4.69, 9.17) is 4.74 Å². The summed E-state index contributed by atoms with van der Waals surface area (Å²) in [6.07, 6.45) is 3.95. The van der Waals surface area contributed by atoms with Gasteiger partial charge < -0.3 is 14.6 Å². The SMILES string of the molecule is CCOc1ccccc1NC(=O)CN1CCN(CCn2ccnc2C(C)C)CC1. The van der Waals surface area contributed by atoms with Crippen molar-refractivity contribution in [3.63, 3.8) is 0 Å². The fourth-order valence-corrected chi connectivity index (χ4v) is 3.67. The van der Waals surface area contributed by atoms with Crippen LogP contribution in [0.4, 0.5) is 5.69 Å². The molecule has 2 aromatic rings. The number of nitrogens with zero attached hydrogens (tertiary/aromatic N) is 4. The van der Waals surface area contributed by atoms with Gasteiger partial charge in [-0.25, -0.2) is 4.98 Å². The molecule has 1 aromatic heterocycles. The molecule has 1 aliphatic heterocycles. The van der Waals surface area contributed by atoms with Gasteiger partial charge in [0, 0.05) is 57.6 Å². The van der Waals surface area contributed by atoms with Crippen molar-refractivity contribution in [1.82, 2.24) is 19.4 Å². The third-order valence-corrected chi connectivity index (χ3v) is 5.21. The summed E-state index contributed by atoms with van der Waals surface area (Å²) < 4.78 is 7.83. The minimum atomic E-state index is 0.00518. The van der Waals surface area contributed by atoms with Gasteiger partial charge in [-0.15, -0.1) is 0 Å². The van der Waals surface area contributed by atoms with Crippen molar-refractivity contribution in [3.8, 4) is 5.75 Å². The van der Waals surface area contributed by atoms with Crippen LogP contribution in [-0.2, 0) is 11.3 Å². The van der Waals surface area contributed by atoms with Crippen molar-refractivity contribution < 1.29 is 9.53 Å². The van der Waals surface area contributed by atoms with Crippen LogP contribution in [0.1, 0.15) is 32.5 Å². The van der Waals surface area contributed by atoms with Crippen molar-refractivity contribution in [2.75, 3.05) is 51.2 Å². The standard InChI is InChI=1S/C22H33N5O2/c1-4-29-20-8-6-5-7-19(20)24-21(28)17-26-13-11-25(12-14-26)15-16-27-10-9-23-22(27)18(2)3/h5-10,18H,4,11-17H2,1-3H3,(H,24,28). The summed E-state index contributed by atoms with van der Waals surface area (Å²) in [5, 5.41) is 2.98. The second-order valence-electron chi connectivity index (χ2n) is 7.73. The number of anilines is 1. The average molecular weight is 400 g/mol. The van der Waals surface area contributed by atoms with Gasteiger partial charge >= 0.3 is 0 Å². The molecule has 1 amide bonds. The Bertz CT molecular complexity index is 781. The van der Waals surface area contributed by atoms with E-state index >= 15 is 0 Å². The lowest BCUT2D eigenvalue weighted by molar-refractivity contribution is -0.117. The molecule has 0 saturated carbocycles. The zero-order valence-corrected chi connectivity index (χ0v) is 17.8. The Morgan fingerprint density at radius 1 is 1.14 bits per heavy atom. The maximum atomic E-state index is 12.5. The summed E-state index contributed by atoms with van der Waals surface area (Å²) >= 11 is 0. The first-order chi connectivity index (χ1) is 14.1. The van der Waals surface area contributed by atoms with Crippen molar-refractivity contribution >= 4 is 11.6 Å². The highest BCUT2D eigenvalue weighted by Crippen LogP contribution is 2.23. The van der Waals surface area contributed by atoms with Gasteiger partial charge in [-0.2, -0.15) is 0 Å². The molecule has 1 aliphatic rings. The topological polar surface area (TPSA) is 62.6 Å². The molecular formula is C22H33N5O2. The normalized spacial score (nSPS) is 15.6. The highest BCUT2D eigenvalue weighted by molar-refractivity contribution is 5.93. The van der Waals surface area contributed by atoms with E-state index in [-0.39, 0.29) is 5.91 Å². The molecule has 1 N–H and O–H groups in total. The van der Waals surface area contributed by atoms with Crippen LogP contribution >= 0.6 is 0 Å². The number of hydrogen-bond donors (Lipinski definition) is 1. The van der Waals surface area contributed by atoms with Crippen molar-refractivity contribution in [2.45, 2.75) is 33.2 Å². The molecule has 1 aromatic carbocycles. The van der Waals surface area contributed by atoms with Gasteiger partial charge in [-0.05, 0) is 19.1 Å². The van der Waals surface area contributed by atoms with Gasteiger partial charge in [0.2, 0.25) is 5.91 Å². The van der Waals surface area contributed by atoms with Crippen LogP contribution in [0.15, 0.2) is 36.7 Å². The Morgan fingerprint density at radius 2 is 1.86 bits per heavy atom. The molecule has 0 radical (unpaired) electrons. The Kier molecular flexibility index (Phi) is 7.66. The second kappa shape index (κ2) is 10.4. The number of amides is 1. The third-order valence-electron chi connectivity index (χ3n) is 5.21. The lowest BCUT2D eigenvalue weighted by atomic mass is 10.2. The van der Waals surface area contributed by atoms with Crippen LogP contribution in [0.5, 0.6) is 5.75 Å². The lowest BCUT2D eigenvalue weighted by Crippen LogP contribution is -2.49. The first-order valence-electron chi connectivity index (χ1n) is 10.5. The number of carbonyl (C=O) groups is 1. The largest absolute Gasteiger partial charge is 0.492 e. The fraction of sp³-hybridized carbons (Fsp3) is 0.545.